The zero-order valence-electron chi connectivity index (χ0n) is 21.7. The monoisotopic (exact) mass is 562 g/mol. The number of methoxy groups -OCH3 is 2. The molecule has 0 saturated carbocycles. The highest BCUT2D eigenvalue weighted by atomic mass is 32.1. The molecule has 206 valence electrons. The largest absolute Gasteiger partial charge is 0.496 e. The Morgan fingerprint density at radius 2 is 1.57 bits per heavy atom. The number of carbonyl (C=O) groups excluding carboxylic acids is 2. The normalized spacial score (nSPS) is 14.1. The van der Waals surface area contributed by atoms with Crippen LogP contribution in [0.3, 0.4) is 0 Å². The Balaban J connectivity index is 1.60. The molecule has 1 aliphatic rings. The zero-order valence-corrected chi connectivity index (χ0v) is 22.5. The van der Waals surface area contributed by atoms with Gasteiger partial charge < -0.3 is 24.1 Å². The van der Waals surface area contributed by atoms with Gasteiger partial charge in [-0.15, -0.1) is 0 Å². The number of benzene rings is 3. The number of aliphatic carboxylic acids is 1. The van der Waals surface area contributed by atoms with E-state index in [9.17, 15) is 14.4 Å². The van der Waals surface area contributed by atoms with Crippen molar-refractivity contribution in [2.45, 2.75) is 12.8 Å². The van der Waals surface area contributed by atoms with Crippen LogP contribution in [0.25, 0.3) is 6.08 Å². The Morgan fingerprint density at radius 1 is 0.950 bits per heavy atom. The number of carbonyl (C=O) groups is 3. The molecule has 3 aromatic rings. The van der Waals surface area contributed by atoms with E-state index >= 15 is 0 Å². The third-order valence-electron chi connectivity index (χ3n) is 5.79. The zero-order chi connectivity index (χ0) is 28.6. The Kier molecular flexibility index (Phi) is 8.97. The number of anilines is 1. The lowest BCUT2D eigenvalue weighted by atomic mass is 10.0. The summed E-state index contributed by atoms with van der Waals surface area (Å²) in [5.41, 5.74) is 0.580. The fraction of sp³-hybridized carbons (Fsp3) is 0.172. The van der Waals surface area contributed by atoms with Crippen LogP contribution < -0.4 is 29.2 Å². The molecule has 0 bridgehead atoms. The summed E-state index contributed by atoms with van der Waals surface area (Å²) in [5.74, 6) is -0.0632. The summed E-state index contributed by atoms with van der Waals surface area (Å²) in [7, 11) is 2.85. The first-order chi connectivity index (χ1) is 19.3. The van der Waals surface area contributed by atoms with Gasteiger partial charge in [-0.05, 0) is 61.1 Å². The van der Waals surface area contributed by atoms with Gasteiger partial charge in [-0.3, -0.25) is 24.6 Å². The molecule has 4 rings (SSSR count). The third kappa shape index (κ3) is 6.56. The molecule has 0 atom stereocenters. The van der Waals surface area contributed by atoms with Crippen LogP contribution >= 0.6 is 12.2 Å². The maximum absolute atomic E-state index is 13.5. The second kappa shape index (κ2) is 12.8. The minimum absolute atomic E-state index is 0.0309. The molecule has 3 aromatic carbocycles. The van der Waals surface area contributed by atoms with Crippen LogP contribution in [0.5, 0.6) is 28.7 Å². The summed E-state index contributed by atoms with van der Waals surface area (Å²) in [5, 5.41) is 11.3. The van der Waals surface area contributed by atoms with Crippen molar-refractivity contribution >= 4 is 46.9 Å². The van der Waals surface area contributed by atoms with E-state index in [1.165, 1.54) is 25.2 Å². The third-order valence-corrected chi connectivity index (χ3v) is 6.07. The van der Waals surface area contributed by atoms with Crippen LogP contribution in [0.1, 0.15) is 18.4 Å². The van der Waals surface area contributed by atoms with Crippen molar-refractivity contribution in [3.05, 3.63) is 77.9 Å². The van der Waals surface area contributed by atoms with Gasteiger partial charge >= 0.3 is 5.97 Å². The van der Waals surface area contributed by atoms with Crippen LogP contribution in [-0.2, 0) is 14.4 Å². The van der Waals surface area contributed by atoms with Crippen LogP contribution in [-0.4, -0.2) is 48.8 Å². The van der Waals surface area contributed by atoms with Gasteiger partial charge in [0.1, 0.15) is 34.3 Å². The highest BCUT2D eigenvalue weighted by Gasteiger charge is 2.35. The van der Waals surface area contributed by atoms with Gasteiger partial charge in [0.05, 0.1) is 32.1 Å². The second-order valence-electron chi connectivity index (χ2n) is 8.45. The van der Waals surface area contributed by atoms with Crippen molar-refractivity contribution in [3.63, 3.8) is 0 Å². The summed E-state index contributed by atoms with van der Waals surface area (Å²) in [6.45, 7) is 0.168. The standard InChI is InChI=1S/C29H26N2O8S/c1-36-24-15-21(38-14-6-9-26(32)33)16-25(37-2)22(24)17-23-27(34)30-29(40)31(28(23)35)18-10-12-20(13-11-18)39-19-7-4-3-5-8-19/h3-5,7-8,10-13,15-17H,6,9,14H2,1-2H3,(H,32,33)(H,30,34,40). The quantitative estimate of drug-likeness (QED) is 0.150. The van der Waals surface area contributed by atoms with E-state index in [0.29, 0.717) is 34.9 Å². The first-order valence-corrected chi connectivity index (χ1v) is 12.6. The van der Waals surface area contributed by atoms with Crippen molar-refractivity contribution in [3.8, 4) is 28.7 Å². The van der Waals surface area contributed by atoms with Crippen molar-refractivity contribution in [1.82, 2.24) is 5.32 Å². The lowest BCUT2D eigenvalue weighted by Crippen LogP contribution is -2.54. The Bertz CT molecular complexity index is 1430. The van der Waals surface area contributed by atoms with Gasteiger partial charge in [-0.25, -0.2) is 0 Å². The molecule has 11 heteroatoms. The van der Waals surface area contributed by atoms with Gasteiger partial charge in [-0.1, -0.05) is 18.2 Å². The lowest BCUT2D eigenvalue weighted by molar-refractivity contribution is -0.137. The van der Waals surface area contributed by atoms with Gasteiger partial charge in [0, 0.05) is 18.6 Å². The highest BCUT2D eigenvalue weighted by molar-refractivity contribution is 7.80. The molecule has 40 heavy (non-hydrogen) atoms. The van der Waals surface area contributed by atoms with Crippen LogP contribution in [0.4, 0.5) is 5.69 Å². The topological polar surface area (TPSA) is 124 Å². The van der Waals surface area contributed by atoms with Gasteiger partial charge in [0.25, 0.3) is 11.8 Å². The highest BCUT2D eigenvalue weighted by Crippen LogP contribution is 2.37. The van der Waals surface area contributed by atoms with Gasteiger partial charge in [0.2, 0.25) is 0 Å². The number of thiocarbonyl (C=S) groups is 1. The number of carboxylic acid groups (broad SMARTS) is 1. The molecule has 1 fully saturated rings. The van der Waals surface area contributed by atoms with Crippen LogP contribution in [0.15, 0.2) is 72.3 Å². The fourth-order valence-corrected chi connectivity index (χ4v) is 4.16. The molecule has 0 aromatic heterocycles. The summed E-state index contributed by atoms with van der Waals surface area (Å²) in [6.07, 6.45) is 1.65. The van der Waals surface area contributed by atoms with E-state index in [-0.39, 0.29) is 35.2 Å². The van der Waals surface area contributed by atoms with E-state index in [0.717, 1.165) is 0 Å². The number of rotatable bonds is 11. The molecule has 1 heterocycles. The van der Waals surface area contributed by atoms with E-state index in [4.69, 9.17) is 36.3 Å². The fourth-order valence-electron chi connectivity index (χ4n) is 3.88. The minimum Gasteiger partial charge on any atom is -0.496 e. The molecule has 0 spiro atoms. The number of carboxylic acids is 1. The smallest absolute Gasteiger partial charge is 0.303 e. The second-order valence-corrected chi connectivity index (χ2v) is 8.84. The summed E-state index contributed by atoms with van der Waals surface area (Å²) < 4.78 is 22.4. The molecule has 0 aliphatic carbocycles. The van der Waals surface area contributed by atoms with Gasteiger partial charge in [-0.2, -0.15) is 0 Å². The van der Waals surface area contributed by atoms with E-state index in [1.807, 2.05) is 30.3 Å². The first-order valence-electron chi connectivity index (χ1n) is 12.2. The van der Waals surface area contributed by atoms with Gasteiger partial charge in [0.15, 0.2) is 5.11 Å². The molecule has 0 radical (unpaired) electrons. The molecule has 1 saturated heterocycles. The molecule has 10 nitrogen and oxygen atoms in total. The SMILES string of the molecule is COc1cc(OCCCC(=O)O)cc(OC)c1C=C1C(=O)NC(=S)N(c2ccc(Oc3ccccc3)cc2)C1=O. The minimum atomic E-state index is -0.916. The Morgan fingerprint density at radius 3 is 2.17 bits per heavy atom. The molecule has 1 aliphatic heterocycles. The number of amides is 2. The molecular weight excluding hydrogens is 536 g/mol. The summed E-state index contributed by atoms with van der Waals surface area (Å²) >= 11 is 5.31. The lowest BCUT2D eigenvalue weighted by Gasteiger charge is -2.29. The predicted octanol–water partition coefficient (Wildman–Crippen LogP) is 4.57. The number of nitrogens with one attached hydrogen (secondary N) is 1. The molecule has 2 N–H and O–H groups in total. The summed E-state index contributed by atoms with van der Waals surface area (Å²) in [4.78, 5) is 38.4. The van der Waals surface area contributed by atoms with Crippen LogP contribution in [0.2, 0.25) is 0 Å². The number of hydrogen-bond donors (Lipinski definition) is 2. The maximum Gasteiger partial charge on any atom is 0.303 e. The first kappa shape index (κ1) is 28.1. The van der Waals surface area contributed by atoms with E-state index < -0.39 is 17.8 Å². The van der Waals surface area contributed by atoms with Crippen molar-refractivity contribution in [2.24, 2.45) is 0 Å². The van der Waals surface area contributed by atoms with E-state index in [1.54, 1.807) is 36.4 Å². The number of hydrogen-bond acceptors (Lipinski definition) is 8. The average molecular weight is 563 g/mol. The summed E-state index contributed by atoms with van der Waals surface area (Å²) in [6, 6.07) is 19.1. The molecule has 2 amide bonds. The average Bonchev–Trinajstić information content (AvgIpc) is 2.94. The van der Waals surface area contributed by atoms with Crippen LogP contribution in [0, 0.1) is 0 Å². The van der Waals surface area contributed by atoms with Crippen molar-refractivity contribution < 1.29 is 38.4 Å². The molecule has 0 unspecified atom stereocenters. The number of ether oxygens (including phenoxy) is 4. The van der Waals surface area contributed by atoms with Crippen molar-refractivity contribution in [1.29, 1.82) is 0 Å². The number of nitrogens with zero attached hydrogens (tertiary/aromatic N) is 1. The maximum atomic E-state index is 13.5. The predicted molar refractivity (Wildman–Crippen MR) is 151 cm³/mol. The van der Waals surface area contributed by atoms with E-state index in [2.05, 4.69) is 5.32 Å². The molecular formula is C29H26N2O8S. The Labute approximate surface area is 235 Å². The van der Waals surface area contributed by atoms with Crippen molar-refractivity contribution in [2.75, 3.05) is 25.7 Å². The Hall–Kier alpha value is -4.90. The number of para-hydroxylation sites is 1.